The Morgan fingerprint density at radius 1 is 1.13 bits per heavy atom. The first kappa shape index (κ1) is 17.9. The molecule has 0 amide bonds. The van der Waals surface area contributed by atoms with Crippen LogP contribution in [0.5, 0.6) is 5.75 Å². The van der Waals surface area contributed by atoms with E-state index in [9.17, 15) is 16.8 Å². The third-order valence-corrected chi connectivity index (χ3v) is 7.39. The highest BCUT2D eigenvalue weighted by Crippen LogP contribution is 2.32. The lowest BCUT2D eigenvalue weighted by molar-refractivity contribution is 0.414. The second-order valence-corrected chi connectivity index (χ2v) is 10.00. The van der Waals surface area contributed by atoms with Gasteiger partial charge < -0.3 is 4.74 Å². The fourth-order valence-corrected chi connectivity index (χ4v) is 5.46. The van der Waals surface area contributed by atoms with E-state index in [1.807, 2.05) is 0 Å². The molecule has 0 aliphatic rings. The Labute approximate surface area is 140 Å². The van der Waals surface area contributed by atoms with Crippen molar-refractivity contribution in [1.82, 2.24) is 4.72 Å². The number of methoxy groups -OCH3 is 1. The van der Waals surface area contributed by atoms with Crippen LogP contribution in [0.15, 0.2) is 46.0 Å². The van der Waals surface area contributed by atoms with Crippen LogP contribution in [-0.4, -0.2) is 36.7 Å². The van der Waals surface area contributed by atoms with Gasteiger partial charge in [-0.05, 0) is 29.1 Å². The summed E-state index contributed by atoms with van der Waals surface area (Å²) < 4.78 is 55.9. The van der Waals surface area contributed by atoms with E-state index in [1.54, 1.807) is 35.7 Å². The molecule has 0 saturated carbocycles. The summed E-state index contributed by atoms with van der Waals surface area (Å²) >= 11 is 1.10. The van der Waals surface area contributed by atoms with Gasteiger partial charge in [-0.2, -0.15) is 0 Å². The van der Waals surface area contributed by atoms with Crippen molar-refractivity contribution in [3.8, 4) is 5.75 Å². The summed E-state index contributed by atoms with van der Waals surface area (Å²) in [5, 5.41) is 0.656. The molecule has 126 valence electrons. The third kappa shape index (κ3) is 4.54. The van der Waals surface area contributed by atoms with E-state index < -0.39 is 25.1 Å². The highest BCUT2D eigenvalue weighted by Gasteiger charge is 2.30. The number of sulfone groups is 1. The van der Waals surface area contributed by atoms with Crippen molar-refractivity contribution in [3.05, 3.63) is 47.3 Å². The minimum absolute atomic E-state index is 0.202. The molecule has 1 aromatic carbocycles. The molecule has 0 aliphatic carbocycles. The van der Waals surface area contributed by atoms with Gasteiger partial charge in [0.15, 0.2) is 9.84 Å². The number of rotatable bonds is 7. The van der Waals surface area contributed by atoms with Crippen LogP contribution in [0.2, 0.25) is 0 Å². The Morgan fingerprint density at radius 3 is 2.26 bits per heavy atom. The average molecular weight is 375 g/mol. The molecule has 0 bridgehead atoms. The predicted molar refractivity (Wildman–Crippen MR) is 90.1 cm³/mol. The summed E-state index contributed by atoms with van der Waals surface area (Å²) in [4.78, 5) is 0. The Balaban J connectivity index is 2.42. The van der Waals surface area contributed by atoms with Crippen LogP contribution in [-0.2, 0) is 19.9 Å². The smallest absolute Gasteiger partial charge is 0.208 e. The van der Waals surface area contributed by atoms with Crippen LogP contribution in [0.25, 0.3) is 0 Å². The first-order valence-corrected chi connectivity index (χ1v) is 10.9. The number of ether oxygens (including phenoxy) is 1. The first-order valence-electron chi connectivity index (χ1n) is 6.60. The molecule has 0 saturated heterocycles. The molecule has 23 heavy (non-hydrogen) atoms. The van der Waals surface area contributed by atoms with Gasteiger partial charge in [0.05, 0.1) is 13.4 Å². The number of benzene rings is 1. The zero-order valence-corrected chi connectivity index (χ0v) is 15.0. The standard InChI is InChI=1S/C14H17NO5S3/c1-20-12-7-5-11(6-8-12)13(10-15-22(2,16)17)23(18,19)14-4-3-9-21-14/h3-9,13,15H,10H2,1-2H3/t13-/m0/s1. The summed E-state index contributed by atoms with van der Waals surface area (Å²) in [6, 6.07) is 9.69. The first-order chi connectivity index (χ1) is 10.7. The summed E-state index contributed by atoms with van der Waals surface area (Å²) in [6.07, 6.45) is 0.996. The summed E-state index contributed by atoms with van der Waals surface area (Å²) in [5.41, 5.74) is 0.496. The van der Waals surface area contributed by atoms with Crippen molar-refractivity contribution >= 4 is 31.2 Å². The fraction of sp³-hybridized carbons (Fsp3) is 0.286. The van der Waals surface area contributed by atoms with Gasteiger partial charge >= 0.3 is 0 Å². The van der Waals surface area contributed by atoms with Crippen molar-refractivity contribution in [2.24, 2.45) is 0 Å². The lowest BCUT2D eigenvalue weighted by atomic mass is 10.1. The second-order valence-electron chi connectivity index (χ2n) is 4.86. The Hall–Kier alpha value is -1.42. The number of hydrogen-bond donors (Lipinski definition) is 1. The van der Waals surface area contributed by atoms with Crippen molar-refractivity contribution in [2.45, 2.75) is 9.46 Å². The molecular formula is C14H17NO5S3. The molecule has 1 atom stereocenters. The van der Waals surface area contributed by atoms with Crippen molar-refractivity contribution in [1.29, 1.82) is 0 Å². The number of nitrogens with one attached hydrogen (secondary N) is 1. The monoisotopic (exact) mass is 375 g/mol. The van der Waals surface area contributed by atoms with Crippen LogP contribution in [0.1, 0.15) is 10.8 Å². The SMILES string of the molecule is COc1ccc([C@H](CNS(C)(=O)=O)S(=O)(=O)c2cccs2)cc1. The predicted octanol–water partition coefficient (Wildman–Crippen LogP) is 1.82. The molecule has 1 heterocycles. The fourth-order valence-electron chi connectivity index (χ4n) is 2.02. The van der Waals surface area contributed by atoms with Gasteiger partial charge in [-0.3, -0.25) is 0 Å². The van der Waals surface area contributed by atoms with Crippen LogP contribution in [0.4, 0.5) is 0 Å². The van der Waals surface area contributed by atoms with Gasteiger partial charge in [-0.1, -0.05) is 18.2 Å². The molecule has 0 fully saturated rings. The second kappa shape index (κ2) is 7.00. The summed E-state index contributed by atoms with van der Waals surface area (Å²) in [5.74, 6) is 0.595. The number of sulfonamides is 1. The van der Waals surface area contributed by atoms with Crippen molar-refractivity contribution in [2.75, 3.05) is 19.9 Å². The number of thiophene rings is 1. The van der Waals surface area contributed by atoms with E-state index in [0.29, 0.717) is 11.3 Å². The molecular weight excluding hydrogens is 358 g/mol. The van der Waals surface area contributed by atoms with Crippen molar-refractivity contribution in [3.63, 3.8) is 0 Å². The van der Waals surface area contributed by atoms with Gasteiger partial charge in [-0.15, -0.1) is 11.3 Å². The van der Waals surface area contributed by atoms with E-state index in [-0.39, 0.29) is 10.8 Å². The van der Waals surface area contributed by atoms with Gasteiger partial charge in [0.25, 0.3) is 0 Å². The Morgan fingerprint density at radius 2 is 1.78 bits per heavy atom. The van der Waals surface area contributed by atoms with Crippen molar-refractivity contribution < 1.29 is 21.6 Å². The molecule has 0 aliphatic heterocycles. The van der Waals surface area contributed by atoms with Crippen LogP contribution < -0.4 is 9.46 Å². The molecule has 1 aromatic heterocycles. The van der Waals surface area contributed by atoms with E-state index >= 15 is 0 Å². The molecule has 0 radical (unpaired) electrons. The molecule has 6 nitrogen and oxygen atoms in total. The van der Waals surface area contributed by atoms with E-state index in [0.717, 1.165) is 17.6 Å². The lowest BCUT2D eigenvalue weighted by Gasteiger charge is -2.18. The molecule has 1 N–H and O–H groups in total. The van der Waals surface area contributed by atoms with Crippen LogP contribution in [0, 0.1) is 0 Å². The summed E-state index contributed by atoms with van der Waals surface area (Å²) in [6.45, 7) is -0.231. The van der Waals surface area contributed by atoms with E-state index in [2.05, 4.69) is 4.72 Å². The maximum Gasteiger partial charge on any atom is 0.208 e. The molecule has 0 spiro atoms. The van der Waals surface area contributed by atoms with Crippen LogP contribution in [0.3, 0.4) is 0 Å². The number of hydrogen-bond acceptors (Lipinski definition) is 6. The normalized spacial score (nSPS) is 13.7. The Bertz CT molecular complexity index is 840. The highest BCUT2D eigenvalue weighted by atomic mass is 32.2. The minimum Gasteiger partial charge on any atom is -0.497 e. The molecule has 2 rings (SSSR count). The van der Waals surface area contributed by atoms with Gasteiger partial charge in [0.1, 0.15) is 15.2 Å². The third-order valence-electron chi connectivity index (χ3n) is 3.17. The lowest BCUT2D eigenvalue weighted by Crippen LogP contribution is -2.31. The topological polar surface area (TPSA) is 89.5 Å². The van der Waals surface area contributed by atoms with Gasteiger partial charge in [-0.25, -0.2) is 21.6 Å². The maximum absolute atomic E-state index is 12.8. The molecule has 2 aromatic rings. The van der Waals surface area contributed by atoms with E-state index in [1.165, 1.54) is 13.2 Å². The zero-order valence-electron chi connectivity index (χ0n) is 12.6. The average Bonchev–Trinajstić information content (AvgIpc) is 3.01. The molecule has 9 heteroatoms. The van der Waals surface area contributed by atoms with Crippen LogP contribution >= 0.6 is 11.3 Å². The Kier molecular flexibility index (Phi) is 5.45. The maximum atomic E-state index is 12.8. The largest absolute Gasteiger partial charge is 0.497 e. The zero-order chi connectivity index (χ0) is 17.1. The van der Waals surface area contributed by atoms with E-state index in [4.69, 9.17) is 4.74 Å². The molecule has 0 unspecified atom stereocenters. The van der Waals surface area contributed by atoms with Gasteiger partial charge in [0.2, 0.25) is 10.0 Å². The minimum atomic E-state index is -3.70. The van der Waals surface area contributed by atoms with Gasteiger partial charge in [0, 0.05) is 6.54 Å². The quantitative estimate of drug-likeness (QED) is 0.797. The summed E-state index contributed by atoms with van der Waals surface area (Å²) in [7, 11) is -5.69. The highest BCUT2D eigenvalue weighted by molar-refractivity contribution is 7.93.